The summed E-state index contributed by atoms with van der Waals surface area (Å²) < 4.78 is 5.66. The van der Waals surface area contributed by atoms with Gasteiger partial charge in [-0.2, -0.15) is 5.10 Å². The predicted molar refractivity (Wildman–Crippen MR) is 113 cm³/mol. The summed E-state index contributed by atoms with van der Waals surface area (Å²) in [4.78, 5) is 15.8. The average molecular weight is 412 g/mol. The minimum Gasteiger partial charge on any atom is -0.467 e. The SMILES string of the molecule is CC(C1CC1)N(CC(=O)N1N=C(c2ccc(Cl)cc2)CC1c1ccco1)C1CC1. The first-order valence-corrected chi connectivity index (χ1v) is 10.9. The molecular weight excluding hydrogens is 386 g/mol. The van der Waals surface area contributed by atoms with Gasteiger partial charge in [-0.1, -0.05) is 23.7 Å². The molecule has 2 aromatic rings. The number of hydrogen-bond donors (Lipinski definition) is 0. The van der Waals surface area contributed by atoms with E-state index in [1.54, 1.807) is 11.3 Å². The monoisotopic (exact) mass is 411 g/mol. The number of rotatable bonds is 7. The van der Waals surface area contributed by atoms with Gasteiger partial charge in [0.25, 0.3) is 5.91 Å². The molecule has 0 spiro atoms. The first kappa shape index (κ1) is 18.9. The van der Waals surface area contributed by atoms with Gasteiger partial charge in [0.05, 0.1) is 18.5 Å². The number of furan rings is 1. The van der Waals surface area contributed by atoms with Gasteiger partial charge in [-0.3, -0.25) is 9.69 Å². The molecule has 0 saturated heterocycles. The highest BCUT2D eigenvalue weighted by molar-refractivity contribution is 6.30. The van der Waals surface area contributed by atoms with Crippen molar-refractivity contribution in [3.8, 4) is 0 Å². The van der Waals surface area contributed by atoms with E-state index < -0.39 is 0 Å². The molecule has 2 heterocycles. The molecule has 152 valence electrons. The fourth-order valence-electron chi connectivity index (χ4n) is 4.35. The third-order valence-electron chi connectivity index (χ3n) is 6.38. The van der Waals surface area contributed by atoms with Crippen LogP contribution < -0.4 is 0 Å². The van der Waals surface area contributed by atoms with E-state index in [0.717, 1.165) is 23.0 Å². The molecule has 5 rings (SSSR count). The van der Waals surface area contributed by atoms with E-state index in [2.05, 4.69) is 11.8 Å². The van der Waals surface area contributed by atoms with Gasteiger partial charge in [0.1, 0.15) is 11.8 Å². The summed E-state index contributed by atoms with van der Waals surface area (Å²) in [6.45, 7) is 2.70. The van der Waals surface area contributed by atoms with Crippen LogP contribution in [0.25, 0.3) is 0 Å². The number of nitrogens with zero attached hydrogens (tertiary/aromatic N) is 3. The van der Waals surface area contributed by atoms with Gasteiger partial charge < -0.3 is 4.42 Å². The van der Waals surface area contributed by atoms with Gasteiger partial charge in [-0.15, -0.1) is 0 Å². The van der Waals surface area contributed by atoms with Crippen LogP contribution in [0.15, 0.2) is 52.2 Å². The Morgan fingerprint density at radius 1 is 1.24 bits per heavy atom. The van der Waals surface area contributed by atoms with Crippen LogP contribution in [0.5, 0.6) is 0 Å². The molecule has 2 saturated carbocycles. The Morgan fingerprint density at radius 2 is 2.00 bits per heavy atom. The Hall–Kier alpha value is -2.11. The summed E-state index contributed by atoms with van der Waals surface area (Å²) in [6, 6.07) is 12.3. The number of hydrazone groups is 1. The van der Waals surface area contributed by atoms with Crippen molar-refractivity contribution in [2.75, 3.05) is 6.54 Å². The third-order valence-corrected chi connectivity index (χ3v) is 6.63. The summed E-state index contributed by atoms with van der Waals surface area (Å²) in [5, 5.41) is 7.09. The lowest BCUT2D eigenvalue weighted by Gasteiger charge is -2.30. The molecule has 2 aliphatic carbocycles. The zero-order valence-corrected chi connectivity index (χ0v) is 17.4. The van der Waals surface area contributed by atoms with Crippen molar-refractivity contribution in [1.82, 2.24) is 9.91 Å². The molecule has 2 fully saturated rings. The molecular formula is C23H26ClN3O2. The molecule has 2 atom stereocenters. The predicted octanol–water partition coefficient (Wildman–Crippen LogP) is 4.87. The smallest absolute Gasteiger partial charge is 0.257 e. The number of halogens is 1. The second-order valence-electron chi connectivity index (χ2n) is 8.51. The topological polar surface area (TPSA) is 49.1 Å². The van der Waals surface area contributed by atoms with Crippen LogP contribution in [0, 0.1) is 5.92 Å². The van der Waals surface area contributed by atoms with Crippen LogP contribution >= 0.6 is 11.6 Å². The summed E-state index contributed by atoms with van der Waals surface area (Å²) in [7, 11) is 0. The van der Waals surface area contributed by atoms with E-state index >= 15 is 0 Å². The van der Waals surface area contributed by atoms with Crippen molar-refractivity contribution in [2.24, 2.45) is 11.0 Å². The Balaban J connectivity index is 1.39. The summed E-state index contributed by atoms with van der Waals surface area (Å²) in [5.74, 6) is 1.57. The second-order valence-corrected chi connectivity index (χ2v) is 8.95. The van der Waals surface area contributed by atoms with Crippen molar-refractivity contribution in [3.05, 3.63) is 59.0 Å². The molecule has 3 aliphatic rings. The maximum absolute atomic E-state index is 13.4. The summed E-state index contributed by atoms with van der Waals surface area (Å²) >= 11 is 6.04. The van der Waals surface area contributed by atoms with Crippen LogP contribution in [-0.2, 0) is 4.79 Å². The van der Waals surface area contributed by atoms with E-state index in [1.807, 2.05) is 36.4 Å². The number of benzene rings is 1. The molecule has 0 bridgehead atoms. The van der Waals surface area contributed by atoms with Crippen molar-refractivity contribution >= 4 is 23.2 Å². The van der Waals surface area contributed by atoms with Gasteiger partial charge in [0.2, 0.25) is 0 Å². The lowest BCUT2D eigenvalue weighted by molar-refractivity contribution is -0.135. The molecule has 0 radical (unpaired) electrons. The zero-order valence-electron chi connectivity index (χ0n) is 16.6. The van der Waals surface area contributed by atoms with Gasteiger partial charge >= 0.3 is 0 Å². The molecule has 6 heteroatoms. The highest BCUT2D eigenvalue weighted by atomic mass is 35.5. The lowest BCUT2D eigenvalue weighted by atomic mass is 10.0. The van der Waals surface area contributed by atoms with Crippen molar-refractivity contribution in [2.45, 2.75) is 57.2 Å². The molecule has 2 unspecified atom stereocenters. The van der Waals surface area contributed by atoms with Crippen molar-refractivity contribution in [1.29, 1.82) is 0 Å². The standard InChI is InChI=1S/C23H26ClN3O2/c1-15(16-4-5-16)26(19-10-11-19)14-23(28)27-21(22-3-2-12-29-22)13-20(25-27)17-6-8-18(24)9-7-17/h2-3,6-9,12,15-16,19,21H,4-5,10-11,13-14H2,1H3. The highest BCUT2D eigenvalue weighted by Crippen LogP contribution is 2.40. The molecule has 1 aromatic heterocycles. The van der Waals surface area contributed by atoms with Crippen LogP contribution in [0.2, 0.25) is 5.02 Å². The van der Waals surface area contributed by atoms with Gasteiger partial charge in [0.15, 0.2) is 0 Å². The van der Waals surface area contributed by atoms with Gasteiger partial charge in [-0.05, 0) is 68.4 Å². The second kappa shape index (κ2) is 7.62. The van der Waals surface area contributed by atoms with E-state index in [9.17, 15) is 4.79 Å². The Labute approximate surface area is 176 Å². The normalized spacial score (nSPS) is 22.8. The molecule has 1 aromatic carbocycles. The van der Waals surface area contributed by atoms with Crippen LogP contribution in [0.4, 0.5) is 0 Å². The molecule has 29 heavy (non-hydrogen) atoms. The van der Waals surface area contributed by atoms with E-state index in [1.165, 1.54) is 25.7 Å². The first-order valence-electron chi connectivity index (χ1n) is 10.5. The number of carbonyl (C=O) groups is 1. The highest BCUT2D eigenvalue weighted by Gasteiger charge is 2.42. The summed E-state index contributed by atoms with van der Waals surface area (Å²) in [6.07, 6.45) is 7.27. The number of carbonyl (C=O) groups excluding carboxylic acids is 1. The van der Waals surface area contributed by atoms with E-state index in [0.29, 0.717) is 30.1 Å². The maximum Gasteiger partial charge on any atom is 0.257 e. The van der Waals surface area contributed by atoms with E-state index in [-0.39, 0.29) is 11.9 Å². The first-order chi connectivity index (χ1) is 14.1. The van der Waals surface area contributed by atoms with Crippen LogP contribution in [0.3, 0.4) is 0 Å². The average Bonchev–Trinajstić information content (AvgIpc) is 3.64. The molecule has 0 N–H and O–H groups in total. The zero-order chi connectivity index (χ0) is 20.0. The van der Waals surface area contributed by atoms with Gasteiger partial charge in [-0.25, -0.2) is 5.01 Å². The van der Waals surface area contributed by atoms with Crippen molar-refractivity contribution < 1.29 is 9.21 Å². The minimum atomic E-state index is -0.194. The largest absolute Gasteiger partial charge is 0.467 e. The third kappa shape index (κ3) is 3.99. The molecule has 1 amide bonds. The van der Waals surface area contributed by atoms with Crippen molar-refractivity contribution in [3.63, 3.8) is 0 Å². The van der Waals surface area contributed by atoms with Gasteiger partial charge in [0, 0.05) is 23.5 Å². The minimum absolute atomic E-state index is 0.0507. The fraction of sp³-hybridized carbons (Fsp3) is 0.478. The van der Waals surface area contributed by atoms with Crippen LogP contribution in [-0.4, -0.2) is 40.2 Å². The number of amides is 1. The maximum atomic E-state index is 13.4. The molecule has 5 nitrogen and oxygen atoms in total. The summed E-state index contributed by atoms with van der Waals surface area (Å²) in [5.41, 5.74) is 1.89. The number of hydrogen-bond acceptors (Lipinski definition) is 4. The lowest BCUT2D eigenvalue weighted by Crippen LogP contribution is -2.44. The fourth-order valence-corrected chi connectivity index (χ4v) is 4.48. The van der Waals surface area contributed by atoms with E-state index in [4.69, 9.17) is 21.1 Å². The Morgan fingerprint density at radius 3 is 2.62 bits per heavy atom. The quantitative estimate of drug-likeness (QED) is 0.652. The van der Waals surface area contributed by atoms with Crippen LogP contribution in [0.1, 0.15) is 56.4 Å². The molecule has 1 aliphatic heterocycles. The Bertz CT molecular complexity index is 901. The Kier molecular flexibility index (Phi) is 4.96.